The zero-order valence-electron chi connectivity index (χ0n) is 12.9. The van der Waals surface area contributed by atoms with Gasteiger partial charge in [0.1, 0.15) is 18.2 Å². The number of rotatable bonds is 5. The molecule has 1 saturated carbocycles. The molecule has 0 radical (unpaired) electrons. The average Bonchev–Trinajstić information content (AvgIpc) is 2.49. The van der Waals surface area contributed by atoms with Gasteiger partial charge in [-0.05, 0) is 37.1 Å². The van der Waals surface area contributed by atoms with Crippen molar-refractivity contribution in [1.29, 1.82) is 0 Å². The molecule has 2 N–H and O–H groups in total. The van der Waals surface area contributed by atoms with Crippen LogP contribution in [0.25, 0.3) is 0 Å². The minimum Gasteiger partial charge on any atom is -0.492 e. The molecule has 2 rings (SSSR count). The van der Waals surface area contributed by atoms with E-state index >= 15 is 0 Å². The smallest absolute Gasteiger partial charge is 0.242 e. The van der Waals surface area contributed by atoms with E-state index in [0.29, 0.717) is 18.9 Å². The van der Waals surface area contributed by atoms with Crippen molar-refractivity contribution < 1.29 is 13.9 Å². The Bertz CT molecular complexity index is 476. The lowest BCUT2D eigenvalue weighted by Gasteiger charge is -2.35. The van der Waals surface area contributed by atoms with Gasteiger partial charge >= 0.3 is 0 Å². The number of nitrogens with zero attached hydrogens (tertiary/aromatic N) is 1. The van der Waals surface area contributed by atoms with Crippen molar-refractivity contribution in [3.05, 3.63) is 30.1 Å². The van der Waals surface area contributed by atoms with Crippen molar-refractivity contribution in [1.82, 2.24) is 4.90 Å². The lowest BCUT2D eigenvalue weighted by molar-refractivity contribution is -0.137. The Morgan fingerprint density at radius 3 is 2.45 bits per heavy atom. The summed E-state index contributed by atoms with van der Waals surface area (Å²) in [7, 11) is 1.75. The Labute approximate surface area is 137 Å². The van der Waals surface area contributed by atoms with Gasteiger partial charge in [-0.3, -0.25) is 4.79 Å². The van der Waals surface area contributed by atoms with Crippen molar-refractivity contribution in [3.8, 4) is 5.75 Å². The number of benzene rings is 1. The van der Waals surface area contributed by atoms with Crippen LogP contribution in [0, 0.1) is 5.82 Å². The number of carbonyl (C=O) groups is 1. The molecule has 6 heteroatoms. The molecule has 22 heavy (non-hydrogen) atoms. The van der Waals surface area contributed by atoms with Crippen LogP contribution in [0.1, 0.15) is 32.1 Å². The molecule has 4 nitrogen and oxygen atoms in total. The summed E-state index contributed by atoms with van der Waals surface area (Å²) in [5.41, 5.74) is 5.52. The van der Waals surface area contributed by atoms with E-state index in [9.17, 15) is 9.18 Å². The van der Waals surface area contributed by atoms with Gasteiger partial charge in [-0.15, -0.1) is 12.4 Å². The zero-order chi connectivity index (χ0) is 15.3. The van der Waals surface area contributed by atoms with Crippen LogP contribution in [-0.2, 0) is 4.79 Å². The number of ether oxygens (including phenoxy) is 1. The quantitative estimate of drug-likeness (QED) is 0.903. The molecule has 0 aromatic heterocycles. The molecule has 0 heterocycles. The molecule has 0 spiro atoms. The highest BCUT2D eigenvalue weighted by atomic mass is 35.5. The first kappa shape index (κ1) is 18.7. The molecule has 0 unspecified atom stereocenters. The Hall–Kier alpha value is -1.33. The van der Waals surface area contributed by atoms with Crippen LogP contribution >= 0.6 is 12.4 Å². The molecule has 1 amide bonds. The van der Waals surface area contributed by atoms with E-state index in [0.717, 1.165) is 32.1 Å². The largest absolute Gasteiger partial charge is 0.492 e. The molecule has 1 fully saturated rings. The van der Waals surface area contributed by atoms with Gasteiger partial charge in [-0.1, -0.05) is 19.3 Å². The second-order valence-electron chi connectivity index (χ2n) is 5.75. The minimum atomic E-state index is -0.705. The van der Waals surface area contributed by atoms with Crippen LogP contribution < -0.4 is 10.5 Å². The fourth-order valence-electron chi connectivity index (χ4n) is 2.71. The van der Waals surface area contributed by atoms with Gasteiger partial charge in [0.25, 0.3) is 0 Å². The molecule has 0 bridgehead atoms. The summed E-state index contributed by atoms with van der Waals surface area (Å²) in [4.78, 5) is 14.0. The fourth-order valence-corrected chi connectivity index (χ4v) is 2.71. The first-order valence-corrected chi connectivity index (χ1v) is 7.44. The summed E-state index contributed by atoms with van der Waals surface area (Å²) in [5.74, 6) is 0.291. The number of hydrogen-bond acceptors (Lipinski definition) is 3. The first-order valence-electron chi connectivity index (χ1n) is 7.44. The number of carbonyl (C=O) groups excluding carboxylic acids is 1. The van der Waals surface area contributed by atoms with Gasteiger partial charge in [0.05, 0.1) is 12.1 Å². The summed E-state index contributed by atoms with van der Waals surface area (Å²) in [5, 5.41) is 0. The minimum absolute atomic E-state index is 0. The maximum atomic E-state index is 12.8. The SMILES string of the molecule is CN(CCOc1ccc(F)cc1)C(=O)C1(N)CCCCC1.Cl. The second-order valence-corrected chi connectivity index (χ2v) is 5.75. The highest BCUT2D eigenvalue weighted by molar-refractivity contribution is 5.86. The molecule has 0 aliphatic heterocycles. The van der Waals surface area contributed by atoms with E-state index in [1.807, 2.05) is 0 Å². The zero-order valence-corrected chi connectivity index (χ0v) is 13.7. The van der Waals surface area contributed by atoms with Crippen LogP contribution in [0.3, 0.4) is 0 Å². The molecule has 0 atom stereocenters. The van der Waals surface area contributed by atoms with Crippen molar-refractivity contribution in [3.63, 3.8) is 0 Å². The molecule has 1 aliphatic rings. The van der Waals surface area contributed by atoms with Crippen molar-refractivity contribution in [2.24, 2.45) is 5.73 Å². The molecule has 1 aromatic rings. The van der Waals surface area contributed by atoms with Crippen LogP contribution in [0.4, 0.5) is 4.39 Å². The topological polar surface area (TPSA) is 55.6 Å². The van der Waals surface area contributed by atoms with E-state index < -0.39 is 5.54 Å². The molecular weight excluding hydrogens is 307 g/mol. The number of likely N-dealkylation sites (N-methyl/N-ethyl adjacent to an activating group) is 1. The monoisotopic (exact) mass is 330 g/mol. The fraction of sp³-hybridized carbons (Fsp3) is 0.562. The summed E-state index contributed by atoms with van der Waals surface area (Å²) in [6, 6.07) is 5.84. The maximum Gasteiger partial charge on any atom is 0.242 e. The number of halogens is 2. The van der Waals surface area contributed by atoms with Crippen LogP contribution in [-0.4, -0.2) is 36.5 Å². The predicted octanol–water partition coefficient (Wildman–Crippen LogP) is 2.75. The van der Waals surface area contributed by atoms with Gasteiger partial charge in [-0.25, -0.2) is 4.39 Å². The van der Waals surface area contributed by atoms with Crippen LogP contribution in [0.15, 0.2) is 24.3 Å². The van der Waals surface area contributed by atoms with Gasteiger partial charge in [0.15, 0.2) is 0 Å². The van der Waals surface area contributed by atoms with E-state index in [-0.39, 0.29) is 24.1 Å². The second kappa shape index (κ2) is 8.34. The van der Waals surface area contributed by atoms with Gasteiger partial charge in [0.2, 0.25) is 5.91 Å². The standard InChI is InChI=1S/C16H23FN2O2.ClH/c1-19(15(20)16(18)9-3-2-4-10-16)11-12-21-14-7-5-13(17)6-8-14;/h5-8H,2-4,9-12,18H2,1H3;1H. The normalized spacial score (nSPS) is 16.5. The Morgan fingerprint density at radius 2 is 1.86 bits per heavy atom. The molecule has 124 valence electrons. The average molecular weight is 331 g/mol. The lowest BCUT2D eigenvalue weighted by Crippen LogP contribution is -2.55. The lowest BCUT2D eigenvalue weighted by atomic mass is 9.81. The number of hydrogen-bond donors (Lipinski definition) is 1. The van der Waals surface area contributed by atoms with Crippen molar-refractivity contribution in [2.45, 2.75) is 37.6 Å². The van der Waals surface area contributed by atoms with E-state index in [4.69, 9.17) is 10.5 Å². The summed E-state index contributed by atoms with van der Waals surface area (Å²) in [6.07, 6.45) is 4.71. The first-order chi connectivity index (χ1) is 10.0. The molecule has 1 aliphatic carbocycles. The predicted molar refractivity (Wildman–Crippen MR) is 86.8 cm³/mol. The maximum absolute atomic E-state index is 12.8. The third kappa shape index (κ3) is 4.85. The Balaban J connectivity index is 0.00000242. The summed E-state index contributed by atoms with van der Waals surface area (Å²) < 4.78 is 18.3. The van der Waals surface area contributed by atoms with Crippen LogP contribution in [0.5, 0.6) is 5.75 Å². The van der Waals surface area contributed by atoms with E-state index in [2.05, 4.69) is 0 Å². The Kier molecular flexibility index (Phi) is 7.10. The number of nitrogens with two attached hydrogens (primary N) is 1. The Morgan fingerprint density at radius 1 is 1.27 bits per heavy atom. The highest BCUT2D eigenvalue weighted by Crippen LogP contribution is 2.27. The third-order valence-electron chi connectivity index (χ3n) is 4.03. The number of amides is 1. The van der Waals surface area contributed by atoms with Crippen LogP contribution in [0.2, 0.25) is 0 Å². The van der Waals surface area contributed by atoms with Crippen molar-refractivity contribution >= 4 is 18.3 Å². The van der Waals surface area contributed by atoms with Gasteiger partial charge < -0.3 is 15.4 Å². The van der Waals surface area contributed by atoms with Gasteiger partial charge in [0, 0.05) is 7.05 Å². The summed E-state index contributed by atoms with van der Waals surface area (Å²) >= 11 is 0. The van der Waals surface area contributed by atoms with Gasteiger partial charge in [-0.2, -0.15) is 0 Å². The molecule has 1 aromatic carbocycles. The highest BCUT2D eigenvalue weighted by Gasteiger charge is 2.37. The summed E-state index contributed by atoms with van der Waals surface area (Å²) in [6.45, 7) is 0.832. The third-order valence-corrected chi connectivity index (χ3v) is 4.03. The van der Waals surface area contributed by atoms with Crippen molar-refractivity contribution in [2.75, 3.05) is 20.2 Å². The van der Waals surface area contributed by atoms with E-state index in [1.54, 1.807) is 24.1 Å². The molecular formula is C16H24ClFN2O2. The molecule has 0 saturated heterocycles. The van der Waals surface area contributed by atoms with E-state index in [1.165, 1.54) is 12.1 Å².